The number of likely N-dealkylation sites (tertiary alicyclic amines) is 1. The van der Waals surface area contributed by atoms with Gasteiger partial charge < -0.3 is 39.9 Å². The van der Waals surface area contributed by atoms with Crippen LogP contribution in [0.3, 0.4) is 0 Å². The van der Waals surface area contributed by atoms with Gasteiger partial charge in [0.15, 0.2) is 11.3 Å². The third-order valence-electron chi connectivity index (χ3n) is 10.5. The Morgan fingerprint density at radius 2 is 1.24 bits per heavy atom. The van der Waals surface area contributed by atoms with Crippen LogP contribution in [0, 0.1) is 0 Å². The number of aliphatic hydroxyl groups excluding tert-OH is 2. The van der Waals surface area contributed by atoms with Crippen LogP contribution >= 0.6 is 0 Å². The minimum absolute atomic E-state index is 0.00463. The number of benzene rings is 2. The maximum absolute atomic E-state index is 12.2. The van der Waals surface area contributed by atoms with E-state index in [-0.39, 0.29) is 24.1 Å². The summed E-state index contributed by atoms with van der Waals surface area (Å²) in [6.45, 7) is 2.42. The number of β-amino-alcohol motifs (C(OH)–C–C–N with tert-alkyl or cyclic N) is 2. The molecule has 15 nitrogen and oxygen atoms in total. The molecule has 2 fully saturated rings. The first-order valence-electron chi connectivity index (χ1n) is 18.2. The van der Waals surface area contributed by atoms with E-state index in [0.717, 1.165) is 79.0 Å². The molecule has 6 aromatic heterocycles. The van der Waals surface area contributed by atoms with Crippen molar-refractivity contribution in [3.63, 3.8) is 0 Å². The number of rotatable bonds is 6. The number of fused-ring (bicyclic) bond motifs is 6. The Morgan fingerprint density at radius 3 is 1.73 bits per heavy atom. The van der Waals surface area contributed by atoms with Crippen molar-refractivity contribution in [2.24, 2.45) is 0 Å². The molecule has 8 aromatic rings. The van der Waals surface area contributed by atoms with Crippen LogP contribution in [0.4, 0.5) is 0 Å². The average Bonchev–Trinajstić information content (AvgIpc) is 4.06. The minimum Gasteiger partial charge on any atom is -0.497 e. The van der Waals surface area contributed by atoms with Gasteiger partial charge in [-0.3, -0.25) is 13.6 Å². The van der Waals surface area contributed by atoms with Crippen molar-refractivity contribution in [2.45, 2.75) is 44.1 Å². The summed E-state index contributed by atoms with van der Waals surface area (Å²) in [5, 5.41) is 23.6. The highest BCUT2D eigenvalue weighted by Gasteiger charge is 2.37. The summed E-state index contributed by atoms with van der Waals surface area (Å²) in [7, 11) is 3.29. The van der Waals surface area contributed by atoms with Crippen LogP contribution in [-0.2, 0) is 4.79 Å². The third-order valence-corrected chi connectivity index (χ3v) is 10.5. The molecule has 5 N–H and O–H groups in total. The smallest absolute Gasteiger partial charge is 0.220 e. The number of aromatic amines is 2. The van der Waals surface area contributed by atoms with E-state index in [9.17, 15) is 15.0 Å². The number of nitrogens with one attached hydrogen (secondary N) is 3. The Bertz CT molecular complexity index is 2660. The topological polar surface area (TPSA) is 183 Å². The number of methoxy groups -OCH3 is 2. The summed E-state index contributed by atoms with van der Waals surface area (Å²) in [4.78, 5) is 39.2. The molecule has 0 spiro atoms. The predicted octanol–water partition coefficient (Wildman–Crippen LogP) is 4.82. The quantitative estimate of drug-likeness (QED) is 0.159. The molecule has 2 saturated heterocycles. The fourth-order valence-corrected chi connectivity index (χ4v) is 7.87. The number of carbonyl (C=O) groups excluding carboxylic acids is 1. The zero-order chi connectivity index (χ0) is 37.8. The van der Waals surface area contributed by atoms with Crippen molar-refractivity contribution in [3.05, 3.63) is 97.1 Å². The van der Waals surface area contributed by atoms with Crippen LogP contribution in [-0.4, -0.2) is 99.2 Å². The van der Waals surface area contributed by atoms with Crippen molar-refractivity contribution in [1.82, 2.24) is 48.9 Å². The van der Waals surface area contributed by atoms with E-state index < -0.39 is 6.10 Å². The van der Waals surface area contributed by atoms with Crippen molar-refractivity contribution in [3.8, 4) is 34.0 Å². The SMILES string of the molecule is COc1ccc(-c2nc([C@H]3C[C@@H](O)CN3)n3c2cnc2[nH]ccc23)cc1.COc1ccc(-c2nc([C@H]3C[C@@H](O)CN3C(C)=O)n3c2cnc2[nH]ccc23)cc1. The molecular weight excluding hydrogens is 701 g/mol. The summed E-state index contributed by atoms with van der Waals surface area (Å²) in [6, 6.07) is 19.2. The van der Waals surface area contributed by atoms with E-state index in [0.29, 0.717) is 25.9 Å². The summed E-state index contributed by atoms with van der Waals surface area (Å²) in [5.74, 6) is 3.13. The molecule has 2 aliphatic rings. The van der Waals surface area contributed by atoms with Gasteiger partial charge in [0.2, 0.25) is 5.91 Å². The van der Waals surface area contributed by atoms with E-state index >= 15 is 0 Å². The lowest BCUT2D eigenvalue weighted by Gasteiger charge is -2.22. The van der Waals surface area contributed by atoms with Crippen molar-refractivity contribution < 1.29 is 24.5 Å². The van der Waals surface area contributed by atoms with Gasteiger partial charge >= 0.3 is 0 Å². The van der Waals surface area contributed by atoms with E-state index in [1.165, 1.54) is 6.92 Å². The fourth-order valence-electron chi connectivity index (χ4n) is 7.87. The monoisotopic (exact) mass is 740 g/mol. The molecule has 0 radical (unpaired) electrons. The Kier molecular flexibility index (Phi) is 8.68. The number of aromatic nitrogens is 8. The Balaban J connectivity index is 0.000000145. The number of amides is 1. The maximum atomic E-state index is 12.2. The van der Waals surface area contributed by atoms with Gasteiger partial charge in [-0.15, -0.1) is 0 Å². The standard InChI is InChI=1S/C21H21N5O3.C19H19N5O2/c1-12(27)25-11-14(28)9-17(25)21-24-19(13-3-5-15(29-2)6-4-13)18-10-23-20-16(26(18)21)7-8-22-20;1-26-13-4-2-11(3-5-13)17-16-10-22-18-15(6-7-20-18)24(16)19(23-17)14-8-12(25)9-21-14/h3-8,10,14,17,22,28H,9,11H2,1-2H3;2-7,10,12,14,20-21,25H,8-9H2,1H3/t14-,17-;12-,14-/m11/s1. The first kappa shape index (κ1) is 34.5. The fraction of sp³-hybridized carbons (Fsp3) is 0.275. The van der Waals surface area contributed by atoms with Gasteiger partial charge in [0, 0.05) is 50.0 Å². The molecule has 2 aliphatic heterocycles. The van der Waals surface area contributed by atoms with Gasteiger partial charge in [0.1, 0.15) is 23.1 Å². The summed E-state index contributed by atoms with van der Waals surface area (Å²) >= 11 is 0. The molecule has 0 unspecified atom stereocenters. The van der Waals surface area contributed by atoms with E-state index in [2.05, 4.69) is 29.7 Å². The van der Waals surface area contributed by atoms with Crippen LogP contribution in [0.5, 0.6) is 11.5 Å². The van der Waals surface area contributed by atoms with Crippen LogP contribution in [0.25, 0.3) is 55.9 Å². The Labute approximate surface area is 314 Å². The van der Waals surface area contributed by atoms with Gasteiger partial charge in [0.05, 0.1) is 84.4 Å². The average molecular weight is 741 g/mol. The van der Waals surface area contributed by atoms with Crippen LogP contribution in [0.1, 0.15) is 43.5 Å². The number of carbonyl (C=O) groups is 1. The predicted molar refractivity (Wildman–Crippen MR) is 206 cm³/mol. The molecule has 55 heavy (non-hydrogen) atoms. The number of ether oxygens (including phenoxy) is 2. The second-order valence-electron chi connectivity index (χ2n) is 13.9. The molecule has 0 saturated carbocycles. The van der Waals surface area contributed by atoms with Crippen LogP contribution < -0.4 is 14.8 Å². The molecule has 0 bridgehead atoms. The van der Waals surface area contributed by atoms with E-state index in [4.69, 9.17) is 19.4 Å². The van der Waals surface area contributed by atoms with E-state index in [1.54, 1.807) is 25.3 Å². The number of hydrogen-bond donors (Lipinski definition) is 5. The lowest BCUT2D eigenvalue weighted by Crippen LogP contribution is -2.30. The number of aliphatic hydroxyl groups is 2. The second-order valence-corrected chi connectivity index (χ2v) is 13.9. The highest BCUT2D eigenvalue weighted by molar-refractivity contribution is 5.86. The number of H-pyrrole nitrogens is 2. The van der Waals surface area contributed by atoms with E-state index in [1.807, 2.05) is 83.7 Å². The largest absolute Gasteiger partial charge is 0.497 e. The number of hydrogen-bond acceptors (Lipinski definition) is 10. The number of nitrogens with zero attached hydrogens (tertiary/aromatic N) is 7. The Morgan fingerprint density at radius 1 is 0.709 bits per heavy atom. The molecule has 0 aliphatic carbocycles. The lowest BCUT2D eigenvalue weighted by molar-refractivity contribution is -0.130. The molecule has 280 valence electrons. The van der Waals surface area contributed by atoms with Crippen molar-refractivity contribution in [1.29, 1.82) is 0 Å². The molecule has 8 heterocycles. The normalized spacial score (nSPS) is 19.8. The van der Waals surface area contributed by atoms with Gasteiger partial charge in [-0.1, -0.05) is 0 Å². The van der Waals surface area contributed by atoms with Gasteiger partial charge in [-0.05, 0) is 67.1 Å². The first-order valence-corrected chi connectivity index (χ1v) is 18.2. The lowest BCUT2D eigenvalue weighted by atomic mass is 10.1. The first-order chi connectivity index (χ1) is 26.8. The highest BCUT2D eigenvalue weighted by atomic mass is 16.5. The highest BCUT2D eigenvalue weighted by Crippen LogP contribution is 2.37. The molecule has 4 atom stereocenters. The van der Waals surface area contributed by atoms with Crippen LogP contribution in [0.15, 0.2) is 85.5 Å². The van der Waals surface area contributed by atoms with Gasteiger partial charge in [0.25, 0.3) is 0 Å². The third kappa shape index (κ3) is 6.02. The summed E-state index contributed by atoms with van der Waals surface area (Å²) in [6.07, 6.45) is 7.54. The second kappa shape index (κ2) is 13.8. The molecule has 1 amide bonds. The van der Waals surface area contributed by atoms with Crippen molar-refractivity contribution in [2.75, 3.05) is 27.3 Å². The zero-order valence-corrected chi connectivity index (χ0v) is 30.5. The summed E-state index contributed by atoms with van der Waals surface area (Å²) < 4.78 is 14.7. The number of imidazole rings is 2. The Hall–Kier alpha value is -6.29. The molecule has 2 aromatic carbocycles. The van der Waals surface area contributed by atoms with Gasteiger partial charge in [-0.25, -0.2) is 19.9 Å². The van der Waals surface area contributed by atoms with Crippen molar-refractivity contribution >= 4 is 39.3 Å². The maximum Gasteiger partial charge on any atom is 0.220 e. The molecular formula is C40H40N10O5. The molecule has 10 rings (SSSR count). The van der Waals surface area contributed by atoms with Crippen LogP contribution in [0.2, 0.25) is 0 Å². The van der Waals surface area contributed by atoms with Gasteiger partial charge in [-0.2, -0.15) is 0 Å². The minimum atomic E-state index is -0.566. The summed E-state index contributed by atoms with van der Waals surface area (Å²) in [5.41, 5.74) is 8.81. The zero-order valence-electron chi connectivity index (χ0n) is 30.5. The molecule has 15 heteroatoms.